The smallest absolute Gasteiger partial charge is 0.325 e. The molecule has 1 aromatic rings. The molecule has 1 heterocycles. The summed E-state index contributed by atoms with van der Waals surface area (Å²) in [6, 6.07) is 8.95. The first-order valence-electron chi connectivity index (χ1n) is 5.57. The number of hydrogen-bond donors (Lipinski definition) is 2. The van der Waals surface area contributed by atoms with Crippen LogP contribution in [0.3, 0.4) is 0 Å². The highest BCUT2D eigenvalue weighted by atomic mass is 35.5. The Morgan fingerprint density at radius 2 is 1.89 bits per heavy atom. The third kappa shape index (κ3) is 2.07. The van der Waals surface area contributed by atoms with Crippen LogP contribution >= 0.6 is 0 Å². The standard InChI is InChI=1S/C12H15N3O2.ClH/c1-15-10(16)12(7-8-13,14-11(15)17)9-5-3-2-4-6-9;/h2-6H,7-8,13H2,1H3,(H,14,17);1H/t12-;/m1./s1. The van der Waals surface area contributed by atoms with Gasteiger partial charge < -0.3 is 23.5 Å². The van der Waals surface area contributed by atoms with Crippen molar-refractivity contribution < 1.29 is 27.7 Å². The van der Waals surface area contributed by atoms with E-state index in [1.165, 1.54) is 7.05 Å². The van der Waals surface area contributed by atoms with Crippen LogP contribution in [0, 0.1) is 0 Å². The molecule has 4 N–H and O–H groups in total. The van der Waals surface area contributed by atoms with Crippen LogP contribution in [0.15, 0.2) is 30.3 Å². The highest BCUT2D eigenvalue weighted by Gasteiger charge is 2.50. The summed E-state index contributed by atoms with van der Waals surface area (Å²) in [5, 5.41) is 2.78. The van der Waals surface area contributed by atoms with Crippen molar-refractivity contribution in [2.24, 2.45) is 0 Å². The quantitative estimate of drug-likeness (QED) is 0.564. The Labute approximate surface area is 112 Å². The van der Waals surface area contributed by atoms with Gasteiger partial charge in [0.2, 0.25) is 0 Å². The van der Waals surface area contributed by atoms with Gasteiger partial charge in [-0.15, -0.1) is 0 Å². The first-order chi connectivity index (χ1) is 8.12. The molecule has 1 saturated heterocycles. The molecule has 0 radical (unpaired) electrons. The number of likely N-dealkylation sites (N-methyl/N-ethyl adjacent to an activating group) is 1. The molecule has 0 aliphatic carbocycles. The zero-order chi connectivity index (χ0) is 12.5. The maximum absolute atomic E-state index is 12.2. The minimum absolute atomic E-state index is 0. The van der Waals surface area contributed by atoms with Gasteiger partial charge in [0, 0.05) is 13.5 Å². The average molecular weight is 270 g/mol. The molecule has 1 fully saturated rings. The lowest BCUT2D eigenvalue weighted by molar-refractivity contribution is -0.370. The molecule has 5 nitrogen and oxygen atoms in total. The second-order valence-electron chi connectivity index (χ2n) is 4.17. The van der Waals surface area contributed by atoms with E-state index in [0.717, 1.165) is 10.5 Å². The summed E-state index contributed by atoms with van der Waals surface area (Å²) in [5.74, 6) is -0.211. The fourth-order valence-electron chi connectivity index (χ4n) is 2.20. The van der Waals surface area contributed by atoms with Crippen LogP contribution < -0.4 is 23.5 Å². The van der Waals surface area contributed by atoms with Crippen molar-refractivity contribution in [1.82, 2.24) is 10.2 Å². The number of imide groups is 1. The molecule has 1 aliphatic rings. The van der Waals surface area contributed by atoms with E-state index in [1.54, 1.807) is 0 Å². The van der Waals surface area contributed by atoms with Gasteiger partial charge >= 0.3 is 6.03 Å². The van der Waals surface area contributed by atoms with Gasteiger partial charge in [-0.1, -0.05) is 30.3 Å². The SMILES string of the molecule is CN1C(=O)N[C@](CC[NH3+])(c2ccccc2)C1=O.[Cl-]. The lowest BCUT2D eigenvalue weighted by Crippen LogP contribution is -3.00. The maximum Gasteiger partial charge on any atom is 0.325 e. The molecule has 18 heavy (non-hydrogen) atoms. The highest BCUT2D eigenvalue weighted by Crippen LogP contribution is 2.31. The van der Waals surface area contributed by atoms with Crippen LogP contribution in [0.1, 0.15) is 12.0 Å². The molecule has 3 amide bonds. The van der Waals surface area contributed by atoms with Crippen molar-refractivity contribution >= 4 is 11.9 Å². The monoisotopic (exact) mass is 269 g/mol. The van der Waals surface area contributed by atoms with Gasteiger partial charge in [-0.2, -0.15) is 0 Å². The topological polar surface area (TPSA) is 77.1 Å². The molecule has 6 heteroatoms. The largest absolute Gasteiger partial charge is 1.00 e. The van der Waals surface area contributed by atoms with Gasteiger partial charge in [0.1, 0.15) is 0 Å². The van der Waals surface area contributed by atoms with Crippen molar-refractivity contribution in [2.45, 2.75) is 12.0 Å². The van der Waals surface area contributed by atoms with Crippen LogP contribution in [0.2, 0.25) is 0 Å². The Morgan fingerprint density at radius 1 is 1.28 bits per heavy atom. The Hall–Kier alpha value is -1.59. The van der Waals surface area contributed by atoms with E-state index in [1.807, 2.05) is 30.3 Å². The number of amides is 3. The number of hydrogen-bond acceptors (Lipinski definition) is 2. The molecular formula is C12H16ClN3O2. The number of halogens is 1. The molecule has 1 atom stereocenters. The van der Waals surface area contributed by atoms with Crippen LogP contribution in [0.5, 0.6) is 0 Å². The summed E-state index contributed by atoms with van der Waals surface area (Å²) in [7, 11) is 1.49. The van der Waals surface area contributed by atoms with E-state index in [2.05, 4.69) is 11.1 Å². The fraction of sp³-hybridized carbons (Fsp3) is 0.333. The summed E-state index contributed by atoms with van der Waals surface area (Å²) in [6.07, 6.45) is 0.506. The summed E-state index contributed by atoms with van der Waals surface area (Å²) in [6.45, 7) is 0.578. The maximum atomic E-state index is 12.2. The van der Waals surface area contributed by atoms with E-state index in [9.17, 15) is 9.59 Å². The number of carbonyl (C=O) groups is 2. The molecule has 0 spiro atoms. The lowest BCUT2D eigenvalue weighted by atomic mass is 9.86. The first-order valence-corrected chi connectivity index (χ1v) is 5.57. The summed E-state index contributed by atoms with van der Waals surface area (Å²) in [4.78, 5) is 25.0. The predicted octanol–water partition coefficient (Wildman–Crippen LogP) is -3.30. The van der Waals surface area contributed by atoms with E-state index >= 15 is 0 Å². The number of urea groups is 1. The van der Waals surface area contributed by atoms with Gasteiger partial charge in [0.15, 0.2) is 5.54 Å². The molecule has 0 unspecified atom stereocenters. The van der Waals surface area contributed by atoms with Crippen molar-refractivity contribution in [3.63, 3.8) is 0 Å². The third-order valence-corrected chi connectivity index (χ3v) is 3.11. The van der Waals surface area contributed by atoms with E-state index < -0.39 is 5.54 Å². The number of quaternary nitrogens is 1. The van der Waals surface area contributed by atoms with Crippen LogP contribution in [-0.4, -0.2) is 30.4 Å². The summed E-state index contributed by atoms with van der Waals surface area (Å²) >= 11 is 0. The lowest BCUT2D eigenvalue weighted by Gasteiger charge is -2.25. The summed E-state index contributed by atoms with van der Waals surface area (Å²) < 4.78 is 0. The van der Waals surface area contributed by atoms with Gasteiger partial charge in [-0.25, -0.2) is 4.79 Å². The van der Waals surface area contributed by atoms with Crippen LogP contribution in [0.25, 0.3) is 0 Å². The second kappa shape index (κ2) is 5.37. The fourth-order valence-corrected chi connectivity index (χ4v) is 2.20. The van der Waals surface area contributed by atoms with Gasteiger partial charge in [-0.05, 0) is 5.56 Å². The van der Waals surface area contributed by atoms with Gasteiger partial charge in [0.25, 0.3) is 5.91 Å². The molecule has 1 aliphatic heterocycles. The molecular weight excluding hydrogens is 254 g/mol. The third-order valence-electron chi connectivity index (χ3n) is 3.11. The first kappa shape index (κ1) is 14.5. The van der Waals surface area contributed by atoms with Gasteiger partial charge in [-0.3, -0.25) is 9.69 Å². The number of benzene rings is 1. The number of carbonyl (C=O) groups excluding carboxylic acids is 2. The van der Waals surface area contributed by atoms with Crippen molar-refractivity contribution in [3.05, 3.63) is 35.9 Å². The Kier molecular flexibility index (Phi) is 4.32. The summed E-state index contributed by atoms with van der Waals surface area (Å²) in [5.41, 5.74) is 3.66. The zero-order valence-corrected chi connectivity index (χ0v) is 10.9. The predicted molar refractivity (Wildman–Crippen MR) is 61.8 cm³/mol. The molecule has 98 valence electrons. The average Bonchev–Trinajstić information content (AvgIpc) is 2.57. The van der Waals surface area contributed by atoms with Crippen LogP contribution in [0.4, 0.5) is 4.79 Å². The highest BCUT2D eigenvalue weighted by molar-refractivity contribution is 6.07. The van der Waals surface area contributed by atoms with E-state index in [4.69, 9.17) is 0 Å². The van der Waals surface area contributed by atoms with E-state index in [-0.39, 0.29) is 24.3 Å². The molecule has 0 aromatic heterocycles. The minimum Gasteiger partial charge on any atom is -1.00 e. The van der Waals surface area contributed by atoms with Crippen molar-refractivity contribution in [1.29, 1.82) is 0 Å². The second-order valence-corrected chi connectivity index (χ2v) is 4.17. The normalized spacial score (nSPS) is 22.7. The Morgan fingerprint density at radius 3 is 2.33 bits per heavy atom. The number of nitrogens with one attached hydrogen (secondary N) is 1. The molecule has 2 rings (SSSR count). The molecule has 1 aromatic carbocycles. The van der Waals surface area contributed by atoms with Crippen molar-refractivity contribution in [2.75, 3.05) is 13.6 Å². The molecule has 0 saturated carbocycles. The van der Waals surface area contributed by atoms with Crippen LogP contribution in [-0.2, 0) is 10.3 Å². The van der Waals surface area contributed by atoms with Gasteiger partial charge in [0.05, 0.1) is 6.54 Å². The zero-order valence-electron chi connectivity index (χ0n) is 10.1. The minimum atomic E-state index is -0.936. The van der Waals surface area contributed by atoms with Crippen molar-refractivity contribution in [3.8, 4) is 0 Å². The molecule has 0 bridgehead atoms. The number of rotatable bonds is 3. The Bertz CT molecular complexity index is 452. The van der Waals surface area contributed by atoms with E-state index in [0.29, 0.717) is 13.0 Å². The number of nitrogens with zero attached hydrogens (tertiary/aromatic N) is 1. The Balaban J connectivity index is 0.00000162.